The van der Waals surface area contributed by atoms with Crippen LogP contribution in [0.25, 0.3) is 0 Å². The number of nitrogens with one attached hydrogen (secondary N) is 1. The fourth-order valence-electron chi connectivity index (χ4n) is 3.24. The summed E-state index contributed by atoms with van der Waals surface area (Å²) in [5, 5.41) is 3.58. The van der Waals surface area contributed by atoms with Crippen molar-refractivity contribution in [2.75, 3.05) is 20.8 Å². The normalized spacial score (nSPS) is 25.8. The molecule has 1 N–H and O–H groups in total. The molecule has 3 unspecified atom stereocenters. The van der Waals surface area contributed by atoms with Crippen molar-refractivity contribution in [1.29, 1.82) is 0 Å². The quantitative estimate of drug-likeness (QED) is 0.855. The van der Waals surface area contributed by atoms with Crippen molar-refractivity contribution in [3.05, 3.63) is 23.8 Å². The fourth-order valence-corrected chi connectivity index (χ4v) is 3.24. The summed E-state index contributed by atoms with van der Waals surface area (Å²) in [6, 6.07) is 7.00. The van der Waals surface area contributed by atoms with Gasteiger partial charge in [-0.3, -0.25) is 0 Å². The molecule has 0 spiro atoms. The van der Waals surface area contributed by atoms with Gasteiger partial charge in [0, 0.05) is 6.04 Å². The molecule has 1 aliphatic carbocycles. The van der Waals surface area contributed by atoms with Crippen LogP contribution in [0.4, 0.5) is 0 Å². The van der Waals surface area contributed by atoms with E-state index in [1.165, 1.54) is 18.4 Å². The van der Waals surface area contributed by atoms with Crippen molar-refractivity contribution >= 4 is 0 Å². The molecule has 0 aromatic heterocycles. The van der Waals surface area contributed by atoms with E-state index >= 15 is 0 Å². The summed E-state index contributed by atoms with van der Waals surface area (Å²) in [5.41, 5.74) is 1.37. The first kappa shape index (κ1) is 14.2. The molecule has 0 saturated heterocycles. The molecule has 0 heterocycles. The maximum atomic E-state index is 5.40. The highest BCUT2D eigenvalue weighted by Gasteiger charge is 2.40. The molecule has 1 aliphatic rings. The molecule has 3 nitrogen and oxygen atoms in total. The van der Waals surface area contributed by atoms with Crippen LogP contribution in [0.2, 0.25) is 0 Å². The summed E-state index contributed by atoms with van der Waals surface area (Å²) in [6.07, 6.45) is 2.44. The third kappa shape index (κ3) is 2.71. The molecule has 1 saturated carbocycles. The Bertz CT molecular complexity index is 419. The van der Waals surface area contributed by atoms with E-state index < -0.39 is 0 Å². The minimum Gasteiger partial charge on any atom is -0.493 e. The number of rotatable bonds is 6. The monoisotopic (exact) mass is 263 g/mol. The summed E-state index contributed by atoms with van der Waals surface area (Å²) in [6.45, 7) is 5.51. The van der Waals surface area contributed by atoms with Crippen LogP contribution in [-0.4, -0.2) is 26.8 Å². The number of ether oxygens (including phenoxy) is 2. The molecular formula is C16H25NO2. The molecule has 106 valence electrons. The topological polar surface area (TPSA) is 30.5 Å². The first-order valence-corrected chi connectivity index (χ1v) is 7.20. The zero-order valence-electron chi connectivity index (χ0n) is 12.4. The third-order valence-corrected chi connectivity index (χ3v) is 4.31. The van der Waals surface area contributed by atoms with Crippen LogP contribution in [0.3, 0.4) is 0 Å². The van der Waals surface area contributed by atoms with E-state index in [4.69, 9.17) is 9.47 Å². The van der Waals surface area contributed by atoms with Crippen molar-refractivity contribution in [1.82, 2.24) is 5.32 Å². The average Bonchev–Trinajstić information content (AvgIpc) is 2.42. The fraction of sp³-hybridized carbons (Fsp3) is 0.625. The Kier molecular flexibility index (Phi) is 4.70. The predicted octanol–water partition coefficient (Wildman–Crippen LogP) is 3.20. The van der Waals surface area contributed by atoms with Crippen LogP contribution < -0.4 is 14.8 Å². The Morgan fingerprint density at radius 1 is 1.16 bits per heavy atom. The van der Waals surface area contributed by atoms with Gasteiger partial charge in [-0.15, -0.1) is 0 Å². The number of benzene rings is 1. The van der Waals surface area contributed by atoms with Crippen molar-refractivity contribution in [2.24, 2.45) is 5.92 Å². The standard InChI is InChI=1S/C16H25NO2/c1-5-12-13(10-14(12)17-6-2)11-7-8-15(18-3)16(9-11)19-4/h7-9,12-14,17H,5-6,10H2,1-4H3. The molecule has 0 bridgehead atoms. The molecule has 0 radical (unpaired) electrons. The molecule has 0 aliphatic heterocycles. The van der Waals surface area contributed by atoms with E-state index in [1.54, 1.807) is 14.2 Å². The average molecular weight is 263 g/mol. The lowest BCUT2D eigenvalue weighted by Crippen LogP contribution is -2.48. The summed E-state index contributed by atoms with van der Waals surface area (Å²) in [4.78, 5) is 0. The smallest absolute Gasteiger partial charge is 0.160 e. The number of hydrogen-bond acceptors (Lipinski definition) is 3. The Labute approximate surface area is 116 Å². The van der Waals surface area contributed by atoms with Gasteiger partial charge in [0.2, 0.25) is 0 Å². The van der Waals surface area contributed by atoms with E-state index in [-0.39, 0.29) is 0 Å². The second-order valence-electron chi connectivity index (χ2n) is 5.19. The molecule has 0 amide bonds. The lowest BCUT2D eigenvalue weighted by Gasteiger charge is -2.45. The van der Waals surface area contributed by atoms with Gasteiger partial charge in [0.05, 0.1) is 14.2 Å². The highest BCUT2D eigenvalue weighted by molar-refractivity contribution is 5.44. The van der Waals surface area contributed by atoms with Gasteiger partial charge in [-0.1, -0.05) is 26.3 Å². The first-order valence-electron chi connectivity index (χ1n) is 7.20. The van der Waals surface area contributed by atoms with Crippen molar-refractivity contribution < 1.29 is 9.47 Å². The predicted molar refractivity (Wildman–Crippen MR) is 78.1 cm³/mol. The Hall–Kier alpha value is -1.22. The Morgan fingerprint density at radius 3 is 2.47 bits per heavy atom. The van der Waals surface area contributed by atoms with Gasteiger partial charge >= 0.3 is 0 Å². The maximum Gasteiger partial charge on any atom is 0.160 e. The molecule has 1 fully saturated rings. The van der Waals surface area contributed by atoms with Crippen LogP contribution in [0.5, 0.6) is 11.5 Å². The van der Waals surface area contributed by atoms with Gasteiger partial charge < -0.3 is 14.8 Å². The van der Waals surface area contributed by atoms with Gasteiger partial charge in [0.1, 0.15) is 0 Å². The molecule has 1 aromatic carbocycles. The SMILES string of the molecule is CCNC1CC(c2ccc(OC)c(OC)c2)C1CC. The van der Waals surface area contributed by atoms with Crippen LogP contribution in [0, 0.1) is 5.92 Å². The minimum absolute atomic E-state index is 0.647. The number of methoxy groups -OCH3 is 2. The van der Waals surface area contributed by atoms with Gasteiger partial charge in [0.25, 0.3) is 0 Å². The molecule has 2 rings (SSSR count). The molecule has 3 atom stereocenters. The molecule has 19 heavy (non-hydrogen) atoms. The molecule has 3 heteroatoms. The van der Waals surface area contributed by atoms with Crippen LogP contribution in [-0.2, 0) is 0 Å². The lowest BCUT2D eigenvalue weighted by atomic mass is 9.65. The zero-order chi connectivity index (χ0) is 13.8. The van der Waals surface area contributed by atoms with Gasteiger partial charge in [-0.05, 0) is 42.5 Å². The maximum absolute atomic E-state index is 5.40. The van der Waals surface area contributed by atoms with Crippen molar-refractivity contribution in [3.63, 3.8) is 0 Å². The second-order valence-corrected chi connectivity index (χ2v) is 5.19. The van der Waals surface area contributed by atoms with Crippen LogP contribution >= 0.6 is 0 Å². The van der Waals surface area contributed by atoms with E-state index in [9.17, 15) is 0 Å². The third-order valence-electron chi connectivity index (χ3n) is 4.31. The summed E-state index contributed by atoms with van der Waals surface area (Å²) in [5.74, 6) is 3.02. The molecular weight excluding hydrogens is 238 g/mol. The minimum atomic E-state index is 0.647. The van der Waals surface area contributed by atoms with Gasteiger partial charge in [0.15, 0.2) is 11.5 Å². The van der Waals surface area contributed by atoms with E-state index in [1.807, 2.05) is 6.07 Å². The van der Waals surface area contributed by atoms with Gasteiger partial charge in [-0.25, -0.2) is 0 Å². The van der Waals surface area contributed by atoms with Crippen molar-refractivity contribution in [3.8, 4) is 11.5 Å². The van der Waals surface area contributed by atoms with E-state index in [0.29, 0.717) is 12.0 Å². The number of hydrogen-bond donors (Lipinski definition) is 1. The highest BCUT2D eigenvalue weighted by atomic mass is 16.5. The Morgan fingerprint density at radius 2 is 1.89 bits per heavy atom. The summed E-state index contributed by atoms with van der Waals surface area (Å²) >= 11 is 0. The van der Waals surface area contributed by atoms with Crippen molar-refractivity contribution in [2.45, 2.75) is 38.6 Å². The summed E-state index contributed by atoms with van der Waals surface area (Å²) < 4.78 is 10.7. The van der Waals surface area contributed by atoms with Crippen LogP contribution in [0.1, 0.15) is 38.2 Å². The zero-order valence-corrected chi connectivity index (χ0v) is 12.4. The van der Waals surface area contributed by atoms with E-state index in [0.717, 1.165) is 24.0 Å². The van der Waals surface area contributed by atoms with Gasteiger partial charge in [-0.2, -0.15) is 0 Å². The van der Waals surface area contributed by atoms with Crippen LogP contribution in [0.15, 0.2) is 18.2 Å². The lowest BCUT2D eigenvalue weighted by molar-refractivity contribution is 0.162. The summed E-state index contributed by atoms with van der Waals surface area (Å²) in [7, 11) is 3.37. The van der Waals surface area contributed by atoms with E-state index in [2.05, 4.69) is 31.3 Å². The first-order chi connectivity index (χ1) is 9.24. The highest BCUT2D eigenvalue weighted by Crippen LogP contribution is 2.46. The molecule has 1 aromatic rings. The second kappa shape index (κ2) is 6.29. The Balaban J connectivity index is 2.14. The largest absolute Gasteiger partial charge is 0.493 e.